The lowest BCUT2D eigenvalue weighted by Gasteiger charge is -2.36. The van der Waals surface area contributed by atoms with E-state index in [1.54, 1.807) is 7.11 Å². The van der Waals surface area contributed by atoms with Crippen molar-refractivity contribution >= 4 is 11.9 Å². The molecule has 1 aromatic carbocycles. The first kappa shape index (κ1) is 20.3. The zero-order chi connectivity index (χ0) is 19.2. The molecule has 0 aromatic heterocycles. The van der Waals surface area contributed by atoms with Gasteiger partial charge in [-0.25, -0.2) is 9.18 Å². The summed E-state index contributed by atoms with van der Waals surface area (Å²) >= 11 is 0. The van der Waals surface area contributed by atoms with Crippen LogP contribution in [-0.2, 0) is 20.9 Å². The summed E-state index contributed by atoms with van der Waals surface area (Å²) in [6.45, 7) is 2.79. The Morgan fingerprint density at radius 2 is 2.00 bits per heavy atom. The van der Waals surface area contributed by atoms with Crippen molar-refractivity contribution in [3.05, 3.63) is 35.1 Å². The summed E-state index contributed by atoms with van der Waals surface area (Å²) in [5.41, 5.74) is -0.793. The number of aliphatic carboxylic acids is 1. The molecule has 1 saturated carbocycles. The van der Waals surface area contributed by atoms with E-state index in [9.17, 15) is 19.1 Å². The van der Waals surface area contributed by atoms with E-state index in [-0.39, 0.29) is 17.7 Å². The van der Waals surface area contributed by atoms with E-state index in [1.165, 1.54) is 18.2 Å². The smallest absolute Gasteiger partial charge is 0.329 e. The van der Waals surface area contributed by atoms with Crippen molar-refractivity contribution in [2.24, 2.45) is 5.92 Å². The molecule has 1 aromatic rings. The van der Waals surface area contributed by atoms with Crippen molar-refractivity contribution in [3.63, 3.8) is 0 Å². The maximum absolute atomic E-state index is 13.9. The van der Waals surface area contributed by atoms with Gasteiger partial charge in [-0.2, -0.15) is 0 Å². The van der Waals surface area contributed by atoms with Gasteiger partial charge in [-0.3, -0.25) is 4.79 Å². The molecule has 1 aliphatic carbocycles. The van der Waals surface area contributed by atoms with Crippen LogP contribution < -0.4 is 5.32 Å². The van der Waals surface area contributed by atoms with Crippen molar-refractivity contribution < 1.29 is 28.6 Å². The minimum absolute atomic E-state index is 0.0118. The number of carbonyl (C=O) groups is 2. The summed E-state index contributed by atoms with van der Waals surface area (Å²) in [4.78, 5) is 24.4. The Morgan fingerprint density at radius 1 is 1.31 bits per heavy atom. The normalized spacial score (nSPS) is 22.8. The first-order chi connectivity index (χ1) is 12.4. The lowest BCUT2D eigenvalue weighted by Crippen LogP contribution is -2.56. The van der Waals surface area contributed by atoms with Crippen LogP contribution in [0.3, 0.4) is 0 Å². The Labute approximate surface area is 152 Å². The van der Waals surface area contributed by atoms with Gasteiger partial charge in [-0.05, 0) is 49.8 Å². The average molecular weight is 367 g/mol. The van der Waals surface area contributed by atoms with Crippen LogP contribution in [0.15, 0.2) is 18.2 Å². The maximum atomic E-state index is 13.9. The molecule has 0 atom stereocenters. The molecule has 144 valence electrons. The summed E-state index contributed by atoms with van der Waals surface area (Å²) in [7, 11) is 1.54. The highest BCUT2D eigenvalue weighted by molar-refractivity contribution is 5.98. The number of halogens is 1. The summed E-state index contributed by atoms with van der Waals surface area (Å²) < 4.78 is 24.1. The Balaban J connectivity index is 2.09. The molecule has 7 heteroatoms. The molecule has 26 heavy (non-hydrogen) atoms. The molecule has 0 heterocycles. The number of carboxylic acids is 1. The van der Waals surface area contributed by atoms with Crippen LogP contribution in [0.25, 0.3) is 0 Å². The van der Waals surface area contributed by atoms with Crippen LogP contribution in [0.4, 0.5) is 4.39 Å². The van der Waals surface area contributed by atoms with E-state index >= 15 is 0 Å². The summed E-state index contributed by atoms with van der Waals surface area (Å²) in [5.74, 6) is -1.57. The summed E-state index contributed by atoms with van der Waals surface area (Å²) in [6.07, 6.45) is 2.27. The summed E-state index contributed by atoms with van der Waals surface area (Å²) in [6, 6.07) is 3.95. The lowest BCUT2D eigenvalue weighted by atomic mass is 9.77. The highest BCUT2D eigenvalue weighted by Gasteiger charge is 2.42. The molecule has 2 rings (SSSR count). The number of ether oxygens (including phenoxy) is 2. The SMILES string of the molecule is COCCOCc1cc(C(=O)NC2(C(=O)O)CCC(C)CC2)ccc1F. The minimum Gasteiger partial charge on any atom is -0.480 e. The first-order valence-electron chi connectivity index (χ1n) is 8.79. The zero-order valence-electron chi connectivity index (χ0n) is 15.2. The molecule has 1 amide bonds. The third-order valence-corrected chi connectivity index (χ3v) is 4.89. The van der Waals surface area contributed by atoms with Crippen LogP contribution in [0.2, 0.25) is 0 Å². The molecular formula is C19H26FNO5. The minimum atomic E-state index is -1.26. The van der Waals surface area contributed by atoms with Crippen LogP contribution >= 0.6 is 0 Å². The molecule has 0 saturated heterocycles. The van der Waals surface area contributed by atoms with Crippen molar-refractivity contribution in [1.29, 1.82) is 0 Å². The second-order valence-corrected chi connectivity index (χ2v) is 6.88. The van der Waals surface area contributed by atoms with Crippen molar-refractivity contribution in [1.82, 2.24) is 5.32 Å². The Kier molecular flexibility index (Phi) is 7.11. The number of carbonyl (C=O) groups excluding carboxylic acids is 1. The Hall–Kier alpha value is -1.99. The quantitative estimate of drug-likeness (QED) is 0.690. The van der Waals surface area contributed by atoms with Crippen LogP contribution in [0.5, 0.6) is 0 Å². The van der Waals surface area contributed by atoms with Gasteiger partial charge < -0.3 is 19.9 Å². The standard InChI is InChI=1S/C19H26FNO5/c1-13-5-7-19(8-6-13,18(23)24)21-17(22)14-3-4-16(20)15(11-14)12-26-10-9-25-2/h3-4,11,13H,5-10,12H2,1-2H3,(H,21,22)(H,23,24). The third kappa shape index (κ3) is 5.02. The van der Waals surface area contributed by atoms with Gasteiger partial charge >= 0.3 is 5.97 Å². The summed E-state index contributed by atoms with van der Waals surface area (Å²) in [5, 5.41) is 12.3. The van der Waals surface area contributed by atoms with Crippen molar-refractivity contribution in [2.75, 3.05) is 20.3 Å². The van der Waals surface area contributed by atoms with Crippen LogP contribution in [0, 0.1) is 11.7 Å². The lowest BCUT2D eigenvalue weighted by molar-refractivity contribution is -0.146. The second-order valence-electron chi connectivity index (χ2n) is 6.88. The predicted molar refractivity (Wildman–Crippen MR) is 93.4 cm³/mol. The monoisotopic (exact) mass is 367 g/mol. The number of rotatable bonds is 8. The van der Waals surface area contributed by atoms with E-state index in [4.69, 9.17) is 9.47 Å². The van der Waals surface area contributed by atoms with Gasteiger partial charge in [0.05, 0.1) is 19.8 Å². The molecule has 0 bridgehead atoms. The van der Waals surface area contributed by atoms with Gasteiger partial charge in [-0.15, -0.1) is 0 Å². The Bertz CT molecular complexity index is 641. The molecule has 0 spiro atoms. The molecule has 1 aliphatic rings. The maximum Gasteiger partial charge on any atom is 0.329 e. The van der Waals surface area contributed by atoms with E-state index in [1.807, 2.05) is 0 Å². The van der Waals surface area contributed by atoms with Crippen molar-refractivity contribution in [2.45, 2.75) is 44.8 Å². The number of amides is 1. The van der Waals surface area contributed by atoms with Crippen LogP contribution in [0.1, 0.15) is 48.5 Å². The Morgan fingerprint density at radius 3 is 2.62 bits per heavy atom. The first-order valence-corrected chi connectivity index (χ1v) is 8.79. The van der Waals surface area contributed by atoms with E-state index in [0.717, 1.165) is 12.8 Å². The largest absolute Gasteiger partial charge is 0.480 e. The highest BCUT2D eigenvalue weighted by atomic mass is 19.1. The van der Waals surface area contributed by atoms with Gasteiger partial charge in [0, 0.05) is 18.2 Å². The van der Waals surface area contributed by atoms with E-state index < -0.39 is 23.2 Å². The fourth-order valence-corrected chi connectivity index (χ4v) is 3.09. The zero-order valence-corrected chi connectivity index (χ0v) is 15.2. The molecule has 0 radical (unpaired) electrons. The van der Waals surface area contributed by atoms with E-state index in [0.29, 0.717) is 32.0 Å². The molecular weight excluding hydrogens is 341 g/mol. The molecule has 1 fully saturated rings. The number of hydrogen-bond donors (Lipinski definition) is 2. The number of nitrogens with one attached hydrogen (secondary N) is 1. The molecule has 2 N–H and O–H groups in total. The van der Waals surface area contributed by atoms with E-state index in [2.05, 4.69) is 12.2 Å². The number of hydrogen-bond acceptors (Lipinski definition) is 4. The van der Waals surface area contributed by atoms with Gasteiger partial charge in [0.2, 0.25) is 0 Å². The number of carboxylic acid groups (broad SMARTS) is 1. The third-order valence-electron chi connectivity index (χ3n) is 4.89. The molecule has 6 nitrogen and oxygen atoms in total. The highest BCUT2D eigenvalue weighted by Crippen LogP contribution is 2.32. The van der Waals surface area contributed by atoms with Crippen molar-refractivity contribution in [3.8, 4) is 0 Å². The van der Waals surface area contributed by atoms with Gasteiger partial charge in [-0.1, -0.05) is 6.92 Å². The fraction of sp³-hybridized carbons (Fsp3) is 0.579. The van der Waals surface area contributed by atoms with Crippen LogP contribution in [-0.4, -0.2) is 42.8 Å². The van der Waals surface area contributed by atoms with Gasteiger partial charge in [0.25, 0.3) is 5.91 Å². The van der Waals surface area contributed by atoms with Gasteiger partial charge in [0.1, 0.15) is 11.4 Å². The predicted octanol–water partition coefficient (Wildman–Crippen LogP) is 2.75. The second kappa shape index (κ2) is 9.09. The topological polar surface area (TPSA) is 84.9 Å². The average Bonchev–Trinajstić information content (AvgIpc) is 2.62. The fourth-order valence-electron chi connectivity index (χ4n) is 3.09. The molecule has 0 aliphatic heterocycles. The number of methoxy groups -OCH3 is 1. The van der Waals surface area contributed by atoms with Gasteiger partial charge in [0.15, 0.2) is 0 Å². The molecule has 0 unspecified atom stereocenters. The number of benzene rings is 1.